The third-order valence-electron chi connectivity index (χ3n) is 7.09. The maximum absolute atomic E-state index is 2.53. The quantitative estimate of drug-likeness (QED) is 0.289. The number of fused-ring (bicyclic) bond motifs is 8. The van der Waals surface area contributed by atoms with Crippen LogP contribution in [-0.4, -0.2) is 0 Å². The molecule has 2 heterocycles. The number of nitrogens with zero attached hydrogens (tertiary/aromatic N) is 1. The summed E-state index contributed by atoms with van der Waals surface area (Å²) < 4.78 is 2.53. The van der Waals surface area contributed by atoms with Crippen molar-refractivity contribution in [2.45, 2.75) is 24.8 Å². The van der Waals surface area contributed by atoms with Crippen molar-refractivity contribution in [3.8, 4) is 22.4 Å². The van der Waals surface area contributed by atoms with Gasteiger partial charge in [0.25, 0.3) is 0 Å². The molecule has 0 spiro atoms. The van der Waals surface area contributed by atoms with E-state index in [0.29, 0.717) is 0 Å². The minimum absolute atomic E-state index is 0.0116. The molecule has 1 aliphatic carbocycles. The topological polar surface area (TPSA) is 3.88 Å². The van der Waals surface area contributed by atoms with Gasteiger partial charge in [0, 0.05) is 12.3 Å². The Morgan fingerprint density at radius 2 is 1.32 bits per heavy atom. The minimum atomic E-state index is -0.0652. The van der Waals surface area contributed by atoms with Gasteiger partial charge in [-0.25, -0.2) is 0 Å². The summed E-state index contributed by atoms with van der Waals surface area (Å²) in [5.41, 5.74) is 6.61. The van der Waals surface area contributed by atoms with E-state index in [-0.39, 0.29) is 11.0 Å². The molecule has 2 aliphatic rings. The summed E-state index contributed by atoms with van der Waals surface area (Å²) in [6.45, 7) is 4.75. The highest BCUT2D eigenvalue weighted by Crippen LogP contribution is 2.54. The van der Waals surface area contributed by atoms with Crippen molar-refractivity contribution in [1.82, 2.24) is 0 Å². The van der Waals surface area contributed by atoms with E-state index in [1.807, 2.05) is 0 Å². The van der Waals surface area contributed by atoms with E-state index in [2.05, 4.69) is 116 Å². The maximum Gasteiger partial charge on any atom is 0.221 e. The molecule has 0 radical (unpaired) electrons. The van der Waals surface area contributed by atoms with Crippen LogP contribution in [0.2, 0.25) is 0 Å². The molecule has 2 unspecified atom stereocenters. The fourth-order valence-corrected chi connectivity index (χ4v) is 5.22. The molecule has 28 heavy (non-hydrogen) atoms. The minimum Gasteiger partial charge on any atom is -0.187 e. The van der Waals surface area contributed by atoms with Crippen LogP contribution in [0.4, 0.5) is 0 Å². The number of hydrogen-bond donors (Lipinski definition) is 0. The summed E-state index contributed by atoms with van der Waals surface area (Å²) in [5.74, 6) is 0. The zero-order valence-corrected chi connectivity index (χ0v) is 16.2. The summed E-state index contributed by atoms with van der Waals surface area (Å²) in [5, 5.41) is 2.63. The van der Waals surface area contributed by atoms with Crippen LogP contribution in [-0.2, 0) is 11.0 Å². The van der Waals surface area contributed by atoms with Gasteiger partial charge >= 0.3 is 0 Å². The summed E-state index contributed by atoms with van der Waals surface area (Å²) in [6.07, 6.45) is 7.12. The van der Waals surface area contributed by atoms with E-state index in [9.17, 15) is 0 Å². The first kappa shape index (κ1) is 15.8. The molecule has 1 heteroatoms. The Morgan fingerprint density at radius 1 is 0.643 bits per heavy atom. The van der Waals surface area contributed by atoms with Crippen molar-refractivity contribution >= 4 is 10.8 Å². The summed E-state index contributed by atoms with van der Waals surface area (Å²) in [7, 11) is 0. The van der Waals surface area contributed by atoms with Crippen molar-refractivity contribution in [3.63, 3.8) is 0 Å². The molecule has 0 saturated carbocycles. The first-order valence-corrected chi connectivity index (χ1v) is 9.97. The van der Waals surface area contributed by atoms with Crippen LogP contribution in [0.1, 0.15) is 19.4 Å². The Bertz CT molecular complexity index is 1280. The molecule has 1 aromatic heterocycles. The van der Waals surface area contributed by atoms with Gasteiger partial charge in [-0.15, -0.1) is 0 Å². The summed E-state index contributed by atoms with van der Waals surface area (Å²) in [4.78, 5) is 0. The van der Waals surface area contributed by atoms with Crippen molar-refractivity contribution < 1.29 is 4.57 Å². The first-order chi connectivity index (χ1) is 13.6. The van der Waals surface area contributed by atoms with E-state index >= 15 is 0 Å². The molecule has 0 N–H and O–H groups in total. The zero-order valence-electron chi connectivity index (χ0n) is 16.2. The Balaban J connectivity index is 1.81. The van der Waals surface area contributed by atoms with Gasteiger partial charge in [0.15, 0.2) is 11.7 Å². The SMILES string of the molecule is CC12C=CC1(C)[n+]1cc(-c3ccccc3)c3ccccc3c1-c1ccccc12. The number of aromatic nitrogens is 1. The van der Waals surface area contributed by atoms with Crippen molar-refractivity contribution in [2.24, 2.45) is 0 Å². The molecular formula is C27H22N+. The van der Waals surface area contributed by atoms with Gasteiger partial charge < -0.3 is 0 Å². The molecule has 4 aromatic rings. The predicted octanol–water partition coefficient (Wildman–Crippen LogP) is 6.02. The number of rotatable bonds is 1. The second-order valence-corrected chi connectivity index (χ2v) is 8.40. The van der Waals surface area contributed by atoms with E-state index in [0.717, 1.165) is 0 Å². The van der Waals surface area contributed by atoms with Crippen molar-refractivity contribution in [2.75, 3.05) is 0 Å². The molecule has 0 fully saturated rings. The first-order valence-electron chi connectivity index (χ1n) is 9.97. The lowest BCUT2D eigenvalue weighted by Crippen LogP contribution is -2.70. The van der Waals surface area contributed by atoms with E-state index in [1.54, 1.807) is 0 Å². The number of hydrogen-bond acceptors (Lipinski definition) is 0. The predicted molar refractivity (Wildman–Crippen MR) is 115 cm³/mol. The van der Waals surface area contributed by atoms with Crippen LogP contribution >= 0.6 is 0 Å². The van der Waals surface area contributed by atoms with Crippen LogP contribution in [0.3, 0.4) is 0 Å². The fourth-order valence-electron chi connectivity index (χ4n) is 5.22. The zero-order chi connectivity index (χ0) is 18.9. The van der Waals surface area contributed by atoms with E-state index < -0.39 is 0 Å². The highest BCUT2D eigenvalue weighted by Gasteiger charge is 2.61. The average Bonchev–Trinajstić information content (AvgIpc) is 2.76. The lowest BCUT2D eigenvalue weighted by atomic mass is 9.56. The molecule has 2 atom stereocenters. The second-order valence-electron chi connectivity index (χ2n) is 8.40. The van der Waals surface area contributed by atoms with Crippen LogP contribution in [0.5, 0.6) is 0 Å². The molecule has 0 saturated heterocycles. The maximum atomic E-state index is 2.53. The molecule has 0 amide bonds. The van der Waals surface area contributed by atoms with Crippen molar-refractivity contribution in [1.29, 1.82) is 0 Å². The van der Waals surface area contributed by atoms with Gasteiger partial charge in [0.1, 0.15) is 0 Å². The van der Waals surface area contributed by atoms with Crippen LogP contribution in [0.25, 0.3) is 33.2 Å². The van der Waals surface area contributed by atoms with Crippen LogP contribution in [0.15, 0.2) is 97.2 Å². The van der Waals surface area contributed by atoms with Gasteiger partial charge in [0.05, 0.1) is 21.9 Å². The van der Waals surface area contributed by atoms with E-state index in [1.165, 1.54) is 38.7 Å². The Kier molecular flexibility index (Phi) is 2.94. The highest BCUT2D eigenvalue weighted by atomic mass is 15.1. The van der Waals surface area contributed by atoms with Gasteiger partial charge in [0.2, 0.25) is 5.69 Å². The van der Waals surface area contributed by atoms with Crippen molar-refractivity contribution in [3.05, 3.63) is 103 Å². The summed E-state index contributed by atoms with van der Waals surface area (Å²) >= 11 is 0. The molecule has 0 bridgehead atoms. The molecular weight excluding hydrogens is 338 g/mol. The van der Waals surface area contributed by atoms with Crippen LogP contribution < -0.4 is 4.57 Å². The standard InChI is InChI=1S/C27H22N/c1-26-16-17-27(26,2)28-18-23(19-10-4-3-5-11-19)20-12-6-7-13-21(20)25(28)22-14-8-9-15-24(22)26/h3-18H,1-2H3/q+1. The number of pyridine rings is 1. The van der Waals surface area contributed by atoms with Gasteiger partial charge in [-0.3, -0.25) is 0 Å². The Labute approximate surface area is 165 Å². The third-order valence-corrected chi connectivity index (χ3v) is 7.09. The van der Waals surface area contributed by atoms with Gasteiger partial charge in [-0.1, -0.05) is 72.8 Å². The average molecular weight is 360 g/mol. The number of allylic oxidation sites excluding steroid dienone is 2. The summed E-state index contributed by atoms with van der Waals surface area (Å²) in [6, 6.07) is 28.5. The Hall–Kier alpha value is -3.19. The Morgan fingerprint density at radius 3 is 2.07 bits per heavy atom. The second kappa shape index (κ2) is 5.20. The smallest absolute Gasteiger partial charge is 0.187 e. The lowest BCUT2D eigenvalue weighted by molar-refractivity contribution is -0.752. The molecule has 1 aliphatic heterocycles. The largest absolute Gasteiger partial charge is 0.221 e. The molecule has 6 rings (SSSR count). The van der Waals surface area contributed by atoms with Crippen LogP contribution in [0, 0.1) is 0 Å². The monoisotopic (exact) mass is 360 g/mol. The number of benzene rings is 3. The molecule has 1 nitrogen and oxygen atoms in total. The van der Waals surface area contributed by atoms with Gasteiger partial charge in [-0.05, 0) is 36.3 Å². The fraction of sp³-hybridized carbons (Fsp3) is 0.148. The van der Waals surface area contributed by atoms with E-state index in [4.69, 9.17) is 0 Å². The highest BCUT2D eigenvalue weighted by molar-refractivity contribution is 6.02. The molecule has 134 valence electrons. The lowest BCUT2D eigenvalue weighted by Gasteiger charge is -2.49. The molecule has 3 aromatic carbocycles. The third kappa shape index (κ3) is 1.75. The van der Waals surface area contributed by atoms with Gasteiger partial charge in [-0.2, -0.15) is 4.57 Å². The normalized spacial score (nSPS) is 24.2.